The summed E-state index contributed by atoms with van der Waals surface area (Å²) in [5, 5.41) is 2.84. The van der Waals surface area contributed by atoms with Crippen LogP contribution in [0.5, 0.6) is 0 Å². The highest BCUT2D eigenvalue weighted by Gasteiger charge is 2.56. The second-order valence-corrected chi connectivity index (χ2v) is 9.71. The van der Waals surface area contributed by atoms with Gasteiger partial charge in [0.05, 0.1) is 0 Å². The Hall–Kier alpha value is -2.12. The summed E-state index contributed by atoms with van der Waals surface area (Å²) in [4.78, 5) is 52.6. The van der Waals surface area contributed by atoms with Crippen LogP contribution >= 0.6 is 0 Å². The molecule has 4 amide bonds. The minimum absolute atomic E-state index is 0.0727. The van der Waals surface area contributed by atoms with Gasteiger partial charge in [-0.2, -0.15) is 0 Å². The molecular formula is C21H33N3O5. The van der Waals surface area contributed by atoms with Crippen LogP contribution in [0.15, 0.2) is 0 Å². The van der Waals surface area contributed by atoms with Crippen molar-refractivity contribution in [1.82, 2.24) is 15.1 Å². The van der Waals surface area contributed by atoms with Crippen LogP contribution in [-0.4, -0.2) is 65.4 Å². The minimum Gasteiger partial charge on any atom is -0.454 e. The smallest absolute Gasteiger partial charge is 0.326 e. The van der Waals surface area contributed by atoms with Gasteiger partial charge in [-0.15, -0.1) is 0 Å². The summed E-state index contributed by atoms with van der Waals surface area (Å²) in [5.41, 5.74) is -1.02. The number of hydrogen-bond acceptors (Lipinski definition) is 5. The second kappa shape index (κ2) is 8.32. The first-order valence-electron chi connectivity index (χ1n) is 10.7. The summed E-state index contributed by atoms with van der Waals surface area (Å²) in [6, 6.07) is -0.560. The fraction of sp³-hybridized carbons (Fsp3) is 0.810. The zero-order chi connectivity index (χ0) is 21.2. The van der Waals surface area contributed by atoms with Crippen molar-refractivity contribution in [2.24, 2.45) is 11.3 Å². The monoisotopic (exact) mass is 407 g/mol. The molecular weight excluding hydrogens is 374 g/mol. The third-order valence-corrected chi connectivity index (χ3v) is 6.23. The molecule has 1 spiro atoms. The Balaban J connectivity index is 1.55. The third kappa shape index (κ3) is 4.90. The first-order valence-corrected chi connectivity index (χ1v) is 10.7. The Bertz CT molecular complexity index is 684. The number of carbonyl (C=O) groups excluding carboxylic acids is 4. The van der Waals surface area contributed by atoms with E-state index in [1.807, 2.05) is 0 Å². The van der Waals surface area contributed by atoms with Gasteiger partial charge < -0.3 is 15.0 Å². The van der Waals surface area contributed by atoms with E-state index in [4.69, 9.17) is 4.74 Å². The van der Waals surface area contributed by atoms with Crippen molar-refractivity contribution in [3.05, 3.63) is 0 Å². The van der Waals surface area contributed by atoms with Gasteiger partial charge in [-0.1, -0.05) is 33.6 Å². The molecule has 2 heterocycles. The molecule has 2 saturated heterocycles. The molecule has 0 bridgehead atoms. The molecule has 2 atom stereocenters. The molecule has 29 heavy (non-hydrogen) atoms. The van der Waals surface area contributed by atoms with E-state index in [9.17, 15) is 19.2 Å². The lowest BCUT2D eigenvalue weighted by atomic mass is 9.64. The normalized spacial score (nSPS) is 29.6. The molecule has 3 aliphatic rings. The predicted molar refractivity (Wildman–Crippen MR) is 106 cm³/mol. The van der Waals surface area contributed by atoms with Crippen molar-refractivity contribution < 1.29 is 23.9 Å². The number of likely N-dealkylation sites (tertiary alicyclic amines) is 1. The topological polar surface area (TPSA) is 96.0 Å². The average molecular weight is 408 g/mol. The Morgan fingerprint density at radius 3 is 2.38 bits per heavy atom. The van der Waals surface area contributed by atoms with Gasteiger partial charge in [-0.25, -0.2) is 4.79 Å². The molecule has 8 heteroatoms. The van der Waals surface area contributed by atoms with E-state index in [0.29, 0.717) is 31.8 Å². The van der Waals surface area contributed by atoms with Gasteiger partial charge in [0.15, 0.2) is 6.61 Å². The number of hydrogen-bond donors (Lipinski definition) is 1. The SMILES string of the molecule is C[C@H]1CC(C)(C)C[C@]2(C1)NC(=O)N(CC(=O)OCC(=O)N1CCCCCC1)C2=O. The van der Waals surface area contributed by atoms with Crippen molar-refractivity contribution in [3.8, 4) is 0 Å². The van der Waals surface area contributed by atoms with E-state index in [0.717, 1.165) is 37.0 Å². The zero-order valence-electron chi connectivity index (χ0n) is 17.8. The molecule has 3 fully saturated rings. The number of nitrogens with one attached hydrogen (secondary N) is 1. The van der Waals surface area contributed by atoms with Crippen LogP contribution in [0.4, 0.5) is 4.79 Å². The van der Waals surface area contributed by atoms with Crippen LogP contribution < -0.4 is 5.32 Å². The number of esters is 1. The summed E-state index contributed by atoms with van der Waals surface area (Å²) >= 11 is 0. The molecule has 3 rings (SSSR count). The fourth-order valence-corrected chi connectivity index (χ4v) is 5.38. The van der Waals surface area contributed by atoms with Crippen LogP contribution in [-0.2, 0) is 19.1 Å². The highest BCUT2D eigenvalue weighted by molar-refractivity contribution is 6.08. The maximum Gasteiger partial charge on any atom is 0.326 e. The molecule has 0 radical (unpaired) electrons. The molecule has 0 aromatic carbocycles. The molecule has 0 unspecified atom stereocenters. The number of ether oxygens (including phenoxy) is 1. The van der Waals surface area contributed by atoms with Gasteiger partial charge in [-0.3, -0.25) is 19.3 Å². The lowest BCUT2D eigenvalue weighted by Crippen LogP contribution is -2.54. The van der Waals surface area contributed by atoms with Crippen molar-refractivity contribution >= 4 is 23.8 Å². The van der Waals surface area contributed by atoms with Crippen LogP contribution in [0.25, 0.3) is 0 Å². The molecule has 8 nitrogen and oxygen atoms in total. The van der Waals surface area contributed by atoms with Gasteiger partial charge in [0.1, 0.15) is 12.1 Å². The number of nitrogens with zero attached hydrogens (tertiary/aromatic N) is 2. The fourth-order valence-electron chi connectivity index (χ4n) is 5.38. The van der Waals surface area contributed by atoms with E-state index in [1.54, 1.807) is 4.90 Å². The van der Waals surface area contributed by atoms with E-state index in [-0.39, 0.29) is 23.8 Å². The van der Waals surface area contributed by atoms with E-state index in [2.05, 4.69) is 26.1 Å². The Kier molecular flexibility index (Phi) is 6.19. The minimum atomic E-state index is -0.944. The Morgan fingerprint density at radius 2 is 1.76 bits per heavy atom. The van der Waals surface area contributed by atoms with Gasteiger partial charge in [-0.05, 0) is 43.4 Å². The van der Waals surface area contributed by atoms with Gasteiger partial charge in [0.2, 0.25) is 0 Å². The van der Waals surface area contributed by atoms with E-state index < -0.39 is 24.1 Å². The lowest BCUT2D eigenvalue weighted by Gasteiger charge is -2.43. The van der Waals surface area contributed by atoms with Crippen molar-refractivity contribution in [3.63, 3.8) is 0 Å². The van der Waals surface area contributed by atoms with Crippen molar-refractivity contribution in [1.29, 1.82) is 0 Å². The number of rotatable bonds is 4. The average Bonchev–Trinajstić information content (AvgIpc) is 2.83. The molecule has 0 aromatic rings. The summed E-state index contributed by atoms with van der Waals surface area (Å²) in [5.74, 6) is -1.03. The van der Waals surface area contributed by atoms with Gasteiger partial charge in [0, 0.05) is 13.1 Å². The van der Waals surface area contributed by atoms with E-state index in [1.165, 1.54) is 0 Å². The lowest BCUT2D eigenvalue weighted by molar-refractivity contribution is -0.154. The molecule has 2 aliphatic heterocycles. The second-order valence-electron chi connectivity index (χ2n) is 9.71. The van der Waals surface area contributed by atoms with Crippen molar-refractivity contribution in [2.75, 3.05) is 26.2 Å². The van der Waals surface area contributed by atoms with Crippen LogP contribution in [0.1, 0.15) is 65.7 Å². The maximum atomic E-state index is 13.0. The van der Waals surface area contributed by atoms with Gasteiger partial charge >= 0.3 is 12.0 Å². The molecule has 1 aliphatic carbocycles. The highest BCUT2D eigenvalue weighted by atomic mass is 16.5. The zero-order valence-corrected chi connectivity index (χ0v) is 17.8. The quantitative estimate of drug-likeness (QED) is 0.568. The van der Waals surface area contributed by atoms with E-state index >= 15 is 0 Å². The summed E-state index contributed by atoms with van der Waals surface area (Å²) in [6.45, 7) is 6.81. The third-order valence-electron chi connectivity index (χ3n) is 6.23. The van der Waals surface area contributed by atoms with Crippen LogP contribution in [0.3, 0.4) is 0 Å². The Morgan fingerprint density at radius 1 is 1.10 bits per heavy atom. The number of urea groups is 1. The number of imide groups is 1. The molecule has 1 saturated carbocycles. The van der Waals surface area contributed by atoms with Gasteiger partial charge in [0.25, 0.3) is 11.8 Å². The van der Waals surface area contributed by atoms with Crippen molar-refractivity contribution in [2.45, 2.75) is 71.3 Å². The first-order chi connectivity index (χ1) is 13.6. The largest absolute Gasteiger partial charge is 0.454 e. The molecule has 1 N–H and O–H groups in total. The highest BCUT2D eigenvalue weighted by Crippen LogP contribution is 2.46. The maximum absolute atomic E-state index is 13.0. The van der Waals surface area contributed by atoms with Crippen LogP contribution in [0, 0.1) is 11.3 Å². The summed E-state index contributed by atoms with van der Waals surface area (Å²) in [7, 11) is 0. The first kappa shape index (κ1) is 21.6. The van der Waals surface area contributed by atoms with Crippen LogP contribution in [0.2, 0.25) is 0 Å². The number of carbonyl (C=O) groups is 4. The summed E-state index contributed by atoms with van der Waals surface area (Å²) < 4.78 is 5.09. The summed E-state index contributed by atoms with van der Waals surface area (Å²) in [6.07, 6.45) is 6.23. The molecule has 0 aromatic heterocycles. The Labute approximate surface area is 172 Å². The number of amides is 4. The standard InChI is InChI=1S/C21H33N3O5/c1-15-10-20(2,3)14-21(11-15)18(27)24(19(28)22-21)12-17(26)29-13-16(25)23-8-6-4-5-7-9-23/h15H,4-14H2,1-3H3,(H,22,28)/t15-,21-/m0/s1. The molecule has 162 valence electrons. The predicted octanol–water partition coefficient (Wildman–Crippen LogP) is 2.07.